The fraction of sp³-hybridized carbons (Fsp3) is 0.308. The second-order valence-electron chi connectivity index (χ2n) is 4.70. The molecule has 1 fully saturated rings. The topological polar surface area (TPSA) is 98.7 Å². The zero-order valence-corrected chi connectivity index (χ0v) is 12.8. The highest BCUT2D eigenvalue weighted by Crippen LogP contribution is 2.23. The van der Waals surface area contributed by atoms with Crippen molar-refractivity contribution in [3.05, 3.63) is 28.2 Å². The molecule has 1 unspecified atom stereocenters. The molecule has 0 bridgehead atoms. The standard InChI is InChI=1S/C13H14BrN3O4/c1-17-5-4-10(11(17)18)16-13(21)15-9-3-2-7(12(19)20)6-8(9)14/h2-3,6,10H,4-5H2,1H3,(H,19,20)(H2,15,16,21). The maximum Gasteiger partial charge on any atom is 0.335 e. The minimum Gasteiger partial charge on any atom is -0.478 e. The first-order chi connectivity index (χ1) is 9.88. The van der Waals surface area contributed by atoms with Crippen LogP contribution in [0, 0.1) is 0 Å². The Labute approximate surface area is 129 Å². The molecule has 1 aliphatic rings. The molecule has 3 amide bonds. The lowest BCUT2D eigenvalue weighted by Gasteiger charge is -2.14. The van der Waals surface area contributed by atoms with Gasteiger partial charge in [0.1, 0.15) is 6.04 Å². The molecule has 112 valence electrons. The van der Waals surface area contributed by atoms with E-state index >= 15 is 0 Å². The van der Waals surface area contributed by atoms with Crippen molar-refractivity contribution in [3.8, 4) is 0 Å². The van der Waals surface area contributed by atoms with Gasteiger partial charge in [-0.15, -0.1) is 0 Å². The van der Waals surface area contributed by atoms with E-state index in [4.69, 9.17) is 5.11 Å². The third kappa shape index (κ3) is 3.52. The third-order valence-corrected chi connectivity index (χ3v) is 3.85. The second kappa shape index (κ2) is 6.13. The fourth-order valence-corrected chi connectivity index (χ4v) is 2.50. The zero-order chi connectivity index (χ0) is 15.6. The number of carboxylic acids is 1. The number of anilines is 1. The number of urea groups is 1. The molecular formula is C13H14BrN3O4. The minimum absolute atomic E-state index is 0.112. The Balaban J connectivity index is 2.00. The molecule has 1 heterocycles. The molecule has 0 aliphatic carbocycles. The number of carboxylic acid groups (broad SMARTS) is 1. The van der Waals surface area contributed by atoms with Gasteiger partial charge in [-0.2, -0.15) is 0 Å². The van der Waals surface area contributed by atoms with Crippen LogP contribution >= 0.6 is 15.9 Å². The van der Waals surface area contributed by atoms with Crippen molar-refractivity contribution in [2.24, 2.45) is 0 Å². The Hall–Kier alpha value is -2.09. The van der Waals surface area contributed by atoms with Gasteiger partial charge in [0.25, 0.3) is 0 Å². The van der Waals surface area contributed by atoms with E-state index < -0.39 is 18.0 Å². The van der Waals surface area contributed by atoms with Gasteiger partial charge in [-0.05, 0) is 40.5 Å². The molecule has 1 atom stereocenters. The average Bonchev–Trinajstić information content (AvgIpc) is 2.73. The summed E-state index contributed by atoms with van der Waals surface area (Å²) in [5.74, 6) is -1.17. The number of hydrogen-bond donors (Lipinski definition) is 3. The van der Waals surface area contributed by atoms with Crippen LogP contribution in [0.2, 0.25) is 0 Å². The summed E-state index contributed by atoms with van der Waals surface area (Å²) in [4.78, 5) is 35.9. The van der Waals surface area contributed by atoms with Gasteiger partial charge in [0.15, 0.2) is 0 Å². The summed E-state index contributed by atoms with van der Waals surface area (Å²) in [7, 11) is 1.68. The van der Waals surface area contributed by atoms with Crippen molar-refractivity contribution >= 4 is 39.5 Å². The lowest BCUT2D eigenvalue weighted by molar-refractivity contribution is -0.128. The largest absolute Gasteiger partial charge is 0.478 e. The van der Waals surface area contributed by atoms with Crippen LogP contribution in [0.1, 0.15) is 16.8 Å². The first-order valence-electron chi connectivity index (χ1n) is 6.24. The number of amides is 3. The van der Waals surface area contributed by atoms with Crippen LogP contribution in [-0.2, 0) is 4.79 Å². The Morgan fingerprint density at radius 1 is 1.43 bits per heavy atom. The minimum atomic E-state index is -1.05. The fourth-order valence-electron chi connectivity index (χ4n) is 2.02. The van der Waals surface area contributed by atoms with Crippen LogP contribution in [0.3, 0.4) is 0 Å². The smallest absolute Gasteiger partial charge is 0.335 e. The number of carbonyl (C=O) groups excluding carboxylic acids is 2. The molecule has 7 nitrogen and oxygen atoms in total. The highest BCUT2D eigenvalue weighted by molar-refractivity contribution is 9.10. The van der Waals surface area contributed by atoms with Crippen LogP contribution in [0.5, 0.6) is 0 Å². The van der Waals surface area contributed by atoms with E-state index in [2.05, 4.69) is 26.6 Å². The van der Waals surface area contributed by atoms with Crippen LogP contribution in [-0.4, -0.2) is 47.5 Å². The number of carbonyl (C=O) groups is 3. The molecule has 0 radical (unpaired) electrons. The SMILES string of the molecule is CN1CCC(NC(=O)Nc2ccc(C(=O)O)cc2Br)C1=O. The molecule has 1 saturated heterocycles. The third-order valence-electron chi connectivity index (χ3n) is 3.20. The molecule has 1 aliphatic heterocycles. The summed E-state index contributed by atoms with van der Waals surface area (Å²) in [5.41, 5.74) is 0.539. The Morgan fingerprint density at radius 2 is 2.14 bits per heavy atom. The molecule has 21 heavy (non-hydrogen) atoms. The van der Waals surface area contributed by atoms with Crippen LogP contribution < -0.4 is 10.6 Å². The van der Waals surface area contributed by atoms with Gasteiger partial charge in [-0.1, -0.05) is 0 Å². The van der Waals surface area contributed by atoms with E-state index in [1.807, 2.05) is 0 Å². The number of halogens is 1. The summed E-state index contributed by atoms with van der Waals surface area (Å²) in [6.45, 7) is 0.612. The summed E-state index contributed by atoms with van der Waals surface area (Å²) >= 11 is 3.20. The van der Waals surface area contributed by atoms with Crippen molar-refractivity contribution in [3.63, 3.8) is 0 Å². The van der Waals surface area contributed by atoms with E-state index in [0.717, 1.165) is 0 Å². The summed E-state index contributed by atoms with van der Waals surface area (Å²) in [5, 5.41) is 14.0. The Bertz CT molecular complexity index is 605. The number of benzene rings is 1. The molecular weight excluding hydrogens is 342 g/mol. The van der Waals surface area contributed by atoms with Gasteiger partial charge in [0, 0.05) is 18.1 Å². The second-order valence-corrected chi connectivity index (χ2v) is 5.55. The predicted molar refractivity (Wildman–Crippen MR) is 79.3 cm³/mol. The van der Waals surface area contributed by atoms with Crippen molar-refractivity contribution in [1.29, 1.82) is 0 Å². The number of aromatic carboxylic acids is 1. The lowest BCUT2D eigenvalue weighted by Crippen LogP contribution is -2.42. The van der Waals surface area contributed by atoms with Crippen molar-refractivity contribution < 1.29 is 19.5 Å². The van der Waals surface area contributed by atoms with Gasteiger partial charge >= 0.3 is 12.0 Å². The van der Waals surface area contributed by atoms with Crippen LogP contribution in [0.25, 0.3) is 0 Å². The Morgan fingerprint density at radius 3 is 2.67 bits per heavy atom. The summed E-state index contributed by atoms with van der Waals surface area (Å²) in [6, 6.07) is 3.24. The first-order valence-corrected chi connectivity index (χ1v) is 7.03. The van der Waals surface area contributed by atoms with Crippen molar-refractivity contribution in [1.82, 2.24) is 10.2 Å². The molecule has 0 spiro atoms. The maximum absolute atomic E-state index is 11.9. The van der Waals surface area contributed by atoms with Gasteiger partial charge < -0.3 is 20.6 Å². The van der Waals surface area contributed by atoms with E-state index in [1.165, 1.54) is 18.2 Å². The number of nitrogens with zero attached hydrogens (tertiary/aromatic N) is 1. The highest BCUT2D eigenvalue weighted by atomic mass is 79.9. The van der Waals surface area contributed by atoms with Gasteiger partial charge in [-0.3, -0.25) is 4.79 Å². The highest BCUT2D eigenvalue weighted by Gasteiger charge is 2.30. The normalized spacial score (nSPS) is 17.7. The molecule has 0 aromatic heterocycles. The molecule has 0 saturated carbocycles. The summed E-state index contributed by atoms with van der Waals surface area (Å²) < 4.78 is 0.451. The molecule has 3 N–H and O–H groups in total. The monoisotopic (exact) mass is 355 g/mol. The number of likely N-dealkylation sites (N-methyl/N-ethyl adjacent to an activating group) is 1. The molecule has 8 heteroatoms. The molecule has 2 rings (SSSR count). The zero-order valence-electron chi connectivity index (χ0n) is 11.2. The van der Waals surface area contributed by atoms with E-state index in [0.29, 0.717) is 23.1 Å². The van der Waals surface area contributed by atoms with Crippen molar-refractivity contribution in [2.75, 3.05) is 18.9 Å². The predicted octanol–water partition coefficient (Wildman–Crippen LogP) is 1.50. The van der Waals surface area contributed by atoms with Crippen LogP contribution in [0.15, 0.2) is 22.7 Å². The quantitative estimate of drug-likeness (QED) is 0.764. The number of hydrogen-bond acceptors (Lipinski definition) is 3. The summed E-state index contributed by atoms with van der Waals surface area (Å²) in [6.07, 6.45) is 0.571. The van der Waals surface area contributed by atoms with Gasteiger partial charge in [0.05, 0.1) is 11.3 Å². The van der Waals surface area contributed by atoms with E-state index in [-0.39, 0.29) is 11.5 Å². The number of likely N-dealkylation sites (tertiary alicyclic amines) is 1. The van der Waals surface area contributed by atoms with Gasteiger partial charge in [-0.25, -0.2) is 9.59 Å². The molecule has 1 aromatic rings. The van der Waals surface area contributed by atoms with E-state index in [9.17, 15) is 14.4 Å². The van der Waals surface area contributed by atoms with Crippen LogP contribution in [0.4, 0.5) is 10.5 Å². The Kier molecular flexibility index (Phi) is 4.46. The molecule has 1 aromatic carbocycles. The van der Waals surface area contributed by atoms with E-state index in [1.54, 1.807) is 11.9 Å². The first kappa shape index (κ1) is 15.3. The average molecular weight is 356 g/mol. The number of rotatable bonds is 3. The maximum atomic E-state index is 11.9. The van der Waals surface area contributed by atoms with Gasteiger partial charge in [0.2, 0.25) is 5.91 Å². The van der Waals surface area contributed by atoms with Crippen molar-refractivity contribution in [2.45, 2.75) is 12.5 Å². The number of nitrogens with one attached hydrogen (secondary N) is 2. The lowest BCUT2D eigenvalue weighted by atomic mass is 10.2.